The fourth-order valence-corrected chi connectivity index (χ4v) is 2.55. The molecule has 0 saturated heterocycles. The summed E-state index contributed by atoms with van der Waals surface area (Å²) in [7, 11) is 0. The molecule has 0 N–H and O–H groups in total. The summed E-state index contributed by atoms with van der Waals surface area (Å²) in [4.78, 5) is 0. The number of hydrogen-bond donors (Lipinski definition) is 0. The minimum atomic E-state index is 0.348. The van der Waals surface area contributed by atoms with Crippen molar-refractivity contribution in [1.82, 2.24) is 0 Å². The van der Waals surface area contributed by atoms with Crippen molar-refractivity contribution in [3.05, 3.63) is 0 Å². The maximum Gasteiger partial charge on any atom is 0.121 e. The van der Waals surface area contributed by atoms with Crippen LogP contribution in [-0.4, -0.2) is 12.2 Å². The second kappa shape index (κ2) is 5.21. The number of halogens is 1. The van der Waals surface area contributed by atoms with E-state index in [1.165, 1.54) is 19.3 Å². The van der Waals surface area contributed by atoms with Gasteiger partial charge in [0.2, 0.25) is 0 Å². The Hall–Kier alpha value is 0.250. The Bertz CT molecular complexity index is 147. The molecule has 1 saturated carbocycles. The van der Waals surface area contributed by atoms with E-state index >= 15 is 0 Å². The van der Waals surface area contributed by atoms with E-state index < -0.39 is 0 Å². The molecule has 0 aromatic rings. The molecule has 2 heteroatoms. The van der Waals surface area contributed by atoms with Gasteiger partial charge in [0.15, 0.2) is 0 Å². The van der Waals surface area contributed by atoms with Crippen molar-refractivity contribution in [3.63, 3.8) is 0 Å². The SMILES string of the molecule is CC(C)[C@H]1CC[C@@H](C)C[C@H]1OCCl. The Morgan fingerprint density at radius 1 is 1.38 bits per heavy atom. The summed E-state index contributed by atoms with van der Waals surface area (Å²) in [5.41, 5.74) is 0. The monoisotopic (exact) mass is 204 g/mol. The van der Waals surface area contributed by atoms with Crippen LogP contribution in [-0.2, 0) is 4.74 Å². The molecule has 0 amide bonds. The van der Waals surface area contributed by atoms with Gasteiger partial charge in [0.1, 0.15) is 6.07 Å². The Balaban J connectivity index is 2.50. The lowest BCUT2D eigenvalue weighted by molar-refractivity contribution is -0.0187. The third kappa shape index (κ3) is 3.14. The van der Waals surface area contributed by atoms with Crippen LogP contribution in [0.1, 0.15) is 40.0 Å². The maximum absolute atomic E-state index is 5.63. The van der Waals surface area contributed by atoms with E-state index in [0.29, 0.717) is 12.2 Å². The van der Waals surface area contributed by atoms with Crippen LogP contribution in [0, 0.1) is 17.8 Å². The highest BCUT2D eigenvalue weighted by Gasteiger charge is 2.30. The van der Waals surface area contributed by atoms with Gasteiger partial charge in [0.05, 0.1) is 6.10 Å². The average molecular weight is 205 g/mol. The maximum atomic E-state index is 5.63. The fourth-order valence-electron chi connectivity index (χ4n) is 2.39. The second-order valence-corrected chi connectivity index (χ2v) is 4.86. The lowest BCUT2D eigenvalue weighted by Gasteiger charge is -2.36. The summed E-state index contributed by atoms with van der Waals surface area (Å²) in [5, 5.41) is 0. The molecule has 0 heterocycles. The van der Waals surface area contributed by atoms with Crippen molar-refractivity contribution >= 4 is 11.6 Å². The van der Waals surface area contributed by atoms with Gasteiger partial charge in [0.25, 0.3) is 0 Å². The zero-order valence-electron chi connectivity index (χ0n) is 8.92. The van der Waals surface area contributed by atoms with E-state index in [2.05, 4.69) is 20.8 Å². The van der Waals surface area contributed by atoms with Gasteiger partial charge in [-0.2, -0.15) is 0 Å². The summed E-state index contributed by atoms with van der Waals surface area (Å²) in [6.45, 7) is 6.87. The molecule has 0 aromatic heterocycles. The van der Waals surface area contributed by atoms with Gasteiger partial charge in [-0.3, -0.25) is 0 Å². The van der Waals surface area contributed by atoms with Crippen LogP contribution < -0.4 is 0 Å². The van der Waals surface area contributed by atoms with E-state index in [4.69, 9.17) is 16.3 Å². The highest BCUT2D eigenvalue weighted by Crippen LogP contribution is 2.35. The molecular formula is C11H21ClO. The van der Waals surface area contributed by atoms with Gasteiger partial charge in [-0.15, -0.1) is 0 Å². The first-order chi connectivity index (χ1) is 6.15. The number of hydrogen-bond acceptors (Lipinski definition) is 1. The smallest absolute Gasteiger partial charge is 0.121 e. The molecular weight excluding hydrogens is 184 g/mol. The fraction of sp³-hybridized carbons (Fsp3) is 1.00. The molecule has 0 unspecified atom stereocenters. The van der Waals surface area contributed by atoms with Crippen molar-refractivity contribution in [2.75, 3.05) is 6.07 Å². The quantitative estimate of drug-likeness (QED) is 0.638. The van der Waals surface area contributed by atoms with Crippen molar-refractivity contribution < 1.29 is 4.74 Å². The first-order valence-corrected chi connectivity index (χ1v) is 5.86. The number of ether oxygens (including phenoxy) is 1. The second-order valence-electron chi connectivity index (χ2n) is 4.64. The molecule has 1 nitrogen and oxygen atoms in total. The first kappa shape index (κ1) is 11.3. The average Bonchev–Trinajstić information content (AvgIpc) is 2.04. The highest BCUT2D eigenvalue weighted by atomic mass is 35.5. The van der Waals surface area contributed by atoms with E-state index in [0.717, 1.165) is 17.8 Å². The predicted molar refractivity (Wildman–Crippen MR) is 56.9 cm³/mol. The van der Waals surface area contributed by atoms with Crippen molar-refractivity contribution in [2.45, 2.75) is 46.1 Å². The Kier molecular flexibility index (Phi) is 4.54. The topological polar surface area (TPSA) is 9.23 Å². The normalized spacial score (nSPS) is 35.3. The molecule has 0 spiro atoms. The minimum Gasteiger partial charge on any atom is -0.362 e. The molecule has 1 aliphatic rings. The zero-order valence-corrected chi connectivity index (χ0v) is 9.68. The van der Waals surface area contributed by atoms with Gasteiger partial charge in [-0.05, 0) is 30.6 Å². The summed E-state index contributed by atoms with van der Waals surface area (Å²) >= 11 is 5.63. The largest absolute Gasteiger partial charge is 0.362 e. The van der Waals surface area contributed by atoms with Crippen LogP contribution in [0.3, 0.4) is 0 Å². The van der Waals surface area contributed by atoms with Crippen molar-refractivity contribution in [1.29, 1.82) is 0 Å². The molecule has 0 aliphatic heterocycles. The molecule has 3 atom stereocenters. The Labute approximate surface area is 86.8 Å². The van der Waals surface area contributed by atoms with E-state index in [9.17, 15) is 0 Å². The Morgan fingerprint density at radius 3 is 2.62 bits per heavy atom. The summed E-state index contributed by atoms with van der Waals surface area (Å²) in [5.74, 6) is 2.25. The third-order valence-electron chi connectivity index (χ3n) is 3.24. The highest BCUT2D eigenvalue weighted by molar-refractivity contribution is 6.17. The lowest BCUT2D eigenvalue weighted by atomic mass is 9.75. The standard InChI is InChI=1S/C11H21ClO/c1-8(2)10-5-4-9(3)6-11(10)13-7-12/h8-11H,4-7H2,1-3H3/t9-,10-,11-/m1/s1. The van der Waals surface area contributed by atoms with Crippen LogP contribution in [0.25, 0.3) is 0 Å². The summed E-state index contributed by atoms with van der Waals surface area (Å²) in [6.07, 6.45) is 4.25. The van der Waals surface area contributed by atoms with Crippen molar-refractivity contribution in [2.24, 2.45) is 17.8 Å². The molecule has 1 rings (SSSR count). The van der Waals surface area contributed by atoms with Crippen LogP contribution in [0.5, 0.6) is 0 Å². The third-order valence-corrected chi connectivity index (χ3v) is 3.36. The molecule has 0 bridgehead atoms. The van der Waals surface area contributed by atoms with Crippen LogP contribution >= 0.6 is 11.6 Å². The van der Waals surface area contributed by atoms with Gasteiger partial charge < -0.3 is 4.74 Å². The molecule has 13 heavy (non-hydrogen) atoms. The van der Waals surface area contributed by atoms with E-state index in [1.54, 1.807) is 0 Å². The van der Waals surface area contributed by atoms with Crippen LogP contribution in [0.15, 0.2) is 0 Å². The minimum absolute atomic E-state index is 0.348. The van der Waals surface area contributed by atoms with Gasteiger partial charge >= 0.3 is 0 Å². The molecule has 1 aliphatic carbocycles. The van der Waals surface area contributed by atoms with Gasteiger partial charge in [-0.25, -0.2) is 0 Å². The number of alkyl halides is 1. The van der Waals surface area contributed by atoms with E-state index in [-0.39, 0.29) is 0 Å². The van der Waals surface area contributed by atoms with E-state index in [1.807, 2.05) is 0 Å². The lowest BCUT2D eigenvalue weighted by Crippen LogP contribution is -2.34. The predicted octanol–water partition coefficient (Wildman–Crippen LogP) is 3.66. The molecule has 1 fully saturated rings. The van der Waals surface area contributed by atoms with Crippen molar-refractivity contribution in [3.8, 4) is 0 Å². The van der Waals surface area contributed by atoms with Crippen LogP contribution in [0.4, 0.5) is 0 Å². The first-order valence-electron chi connectivity index (χ1n) is 5.32. The zero-order chi connectivity index (χ0) is 9.84. The van der Waals surface area contributed by atoms with Gasteiger partial charge in [0, 0.05) is 0 Å². The Morgan fingerprint density at radius 2 is 2.08 bits per heavy atom. The summed E-state index contributed by atoms with van der Waals surface area (Å²) in [6, 6.07) is 0.348. The summed E-state index contributed by atoms with van der Waals surface area (Å²) < 4.78 is 5.59. The number of rotatable bonds is 3. The van der Waals surface area contributed by atoms with Gasteiger partial charge in [-0.1, -0.05) is 38.8 Å². The molecule has 0 radical (unpaired) electrons. The molecule has 78 valence electrons. The molecule has 0 aromatic carbocycles. The van der Waals surface area contributed by atoms with Crippen LogP contribution in [0.2, 0.25) is 0 Å².